The summed E-state index contributed by atoms with van der Waals surface area (Å²) < 4.78 is 0. The van der Waals surface area contributed by atoms with E-state index in [1.165, 1.54) is 33.4 Å². The Balaban J connectivity index is 3.21. The molecule has 0 saturated carbocycles. The van der Waals surface area contributed by atoms with E-state index < -0.39 is 0 Å². The Labute approximate surface area is 112 Å². The van der Waals surface area contributed by atoms with E-state index in [4.69, 9.17) is 0 Å². The van der Waals surface area contributed by atoms with Crippen molar-refractivity contribution in [2.24, 2.45) is 0 Å². The van der Waals surface area contributed by atoms with Crippen molar-refractivity contribution in [3.05, 3.63) is 64.3 Å². The molecule has 0 aliphatic heterocycles. The molecule has 1 aromatic rings. The summed E-state index contributed by atoms with van der Waals surface area (Å²) >= 11 is 0. The first-order chi connectivity index (χ1) is 8.36. The van der Waals surface area contributed by atoms with Crippen molar-refractivity contribution in [2.75, 3.05) is 0 Å². The summed E-state index contributed by atoms with van der Waals surface area (Å²) in [6.45, 7) is 17.0. The highest BCUT2D eigenvalue weighted by Gasteiger charge is 2.05. The van der Waals surface area contributed by atoms with Gasteiger partial charge < -0.3 is 0 Å². The lowest BCUT2D eigenvalue weighted by molar-refractivity contribution is 1.27. The van der Waals surface area contributed by atoms with Crippen LogP contribution in [0.4, 0.5) is 0 Å². The first-order valence-electron chi connectivity index (χ1n) is 6.45. The SMILES string of the molecule is C=C(/C=C(C)\C(C)=C/C)c1cc(C)cc(C)c1C. The first-order valence-corrected chi connectivity index (χ1v) is 6.45. The van der Waals surface area contributed by atoms with Crippen LogP contribution in [-0.4, -0.2) is 0 Å². The molecule has 0 unspecified atom stereocenters. The van der Waals surface area contributed by atoms with Gasteiger partial charge in [-0.3, -0.25) is 0 Å². The van der Waals surface area contributed by atoms with Crippen molar-refractivity contribution in [1.82, 2.24) is 0 Å². The van der Waals surface area contributed by atoms with Gasteiger partial charge in [0, 0.05) is 0 Å². The minimum atomic E-state index is 1.10. The summed E-state index contributed by atoms with van der Waals surface area (Å²) in [5.41, 5.74) is 8.89. The van der Waals surface area contributed by atoms with Crippen molar-refractivity contribution in [1.29, 1.82) is 0 Å². The van der Waals surface area contributed by atoms with E-state index in [1.54, 1.807) is 0 Å². The van der Waals surface area contributed by atoms with Crippen molar-refractivity contribution in [3.8, 4) is 0 Å². The number of benzene rings is 1. The molecule has 18 heavy (non-hydrogen) atoms. The second-order valence-electron chi connectivity index (χ2n) is 5.08. The summed E-state index contributed by atoms with van der Waals surface area (Å²) in [5, 5.41) is 0. The highest BCUT2D eigenvalue weighted by atomic mass is 14.1. The fourth-order valence-corrected chi connectivity index (χ4v) is 2.05. The van der Waals surface area contributed by atoms with Gasteiger partial charge in [0.1, 0.15) is 0 Å². The van der Waals surface area contributed by atoms with Crippen LogP contribution < -0.4 is 0 Å². The molecule has 0 fully saturated rings. The first kappa shape index (κ1) is 14.5. The number of rotatable bonds is 3. The smallest absolute Gasteiger partial charge is 0.0155 e. The number of hydrogen-bond donors (Lipinski definition) is 0. The normalized spacial score (nSPS) is 12.8. The summed E-state index contributed by atoms with van der Waals surface area (Å²) in [6.07, 6.45) is 4.31. The maximum absolute atomic E-state index is 4.22. The molecule has 0 spiro atoms. The van der Waals surface area contributed by atoms with E-state index >= 15 is 0 Å². The van der Waals surface area contributed by atoms with E-state index in [9.17, 15) is 0 Å². The molecule has 0 amide bonds. The van der Waals surface area contributed by atoms with E-state index in [-0.39, 0.29) is 0 Å². The predicted molar refractivity (Wildman–Crippen MR) is 82.9 cm³/mol. The van der Waals surface area contributed by atoms with Crippen LogP contribution in [0.15, 0.2) is 42.0 Å². The zero-order chi connectivity index (χ0) is 13.9. The Morgan fingerprint density at radius 1 is 1.06 bits per heavy atom. The van der Waals surface area contributed by atoms with Gasteiger partial charge in [-0.1, -0.05) is 42.0 Å². The molecule has 0 heteroatoms. The maximum atomic E-state index is 4.22. The zero-order valence-corrected chi connectivity index (χ0v) is 12.5. The van der Waals surface area contributed by atoms with E-state index in [2.05, 4.69) is 72.4 Å². The molecule has 0 aliphatic rings. The summed E-state index contributed by atoms with van der Waals surface area (Å²) in [7, 11) is 0. The summed E-state index contributed by atoms with van der Waals surface area (Å²) in [5.74, 6) is 0. The quantitative estimate of drug-likeness (QED) is 0.609. The molecule has 96 valence electrons. The van der Waals surface area contributed by atoms with Crippen LogP contribution >= 0.6 is 0 Å². The molecular formula is C18H24. The van der Waals surface area contributed by atoms with Crippen LogP contribution in [0.2, 0.25) is 0 Å². The summed E-state index contributed by atoms with van der Waals surface area (Å²) in [6, 6.07) is 4.44. The van der Waals surface area contributed by atoms with E-state index in [0.717, 1.165) is 5.57 Å². The molecule has 1 rings (SSSR count). The van der Waals surface area contributed by atoms with E-state index in [1.807, 2.05) is 0 Å². The number of aryl methyl sites for hydroxylation is 2. The topological polar surface area (TPSA) is 0 Å². The molecule has 0 radical (unpaired) electrons. The fourth-order valence-electron chi connectivity index (χ4n) is 2.05. The van der Waals surface area contributed by atoms with Crippen LogP contribution in [0, 0.1) is 20.8 Å². The van der Waals surface area contributed by atoms with Gasteiger partial charge in [-0.25, -0.2) is 0 Å². The van der Waals surface area contributed by atoms with Gasteiger partial charge in [0.05, 0.1) is 0 Å². The lowest BCUT2D eigenvalue weighted by Gasteiger charge is -2.12. The highest BCUT2D eigenvalue weighted by Crippen LogP contribution is 2.25. The van der Waals surface area contributed by atoms with Gasteiger partial charge in [-0.15, -0.1) is 0 Å². The Morgan fingerprint density at radius 3 is 2.22 bits per heavy atom. The van der Waals surface area contributed by atoms with Crippen LogP contribution in [0.3, 0.4) is 0 Å². The van der Waals surface area contributed by atoms with Gasteiger partial charge in [0.15, 0.2) is 0 Å². The Kier molecular flexibility index (Phi) is 4.72. The molecule has 0 N–H and O–H groups in total. The predicted octanol–water partition coefficient (Wildman–Crippen LogP) is 5.54. The number of allylic oxidation sites excluding steroid dienone is 5. The van der Waals surface area contributed by atoms with Gasteiger partial charge >= 0.3 is 0 Å². The van der Waals surface area contributed by atoms with Crippen molar-refractivity contribution < 1.29 is 0 Å². The van der Waals surface area contributed by atoms with Crippen molar-refractivity contribution >= 4 is 5.57 Å². The van der Waals surface area contributed by atoms with Crippen LogP contribution in [0.1, 0.15) is 43.0 Å². The minimum absolute atomic E-state index is 1.10. The molecule has 0 saturated heterocycles. The Hall–Kier alpha value is -1.56. The molecule has 0 aliphatic carbocycles. The lowest BCUT2D eigenvalue weighted by atomic mass is 9.93. The average Bonchev–Trinajstić information content (AvgIpc) is 2.32. The Bertz CT molecular complexity index is 525. The van der Waals surface area contributed by atoms with Crippen molar-refractivity contribution in [3.63, 3.8) is 0 Å². The Morgan fingerprint density at radius 2 is 1.67 bits per heavy atom. The standard InChI is InChI=1S/C18H24/c1-8-13(3)14(4)11-16(6)18-10-12(2)9-15(5)17(18)7/h8-11H,6H2,1-5,7H3/b13-8-,14-11-. The molecule has 0 heterocycles. The zero-order valence-electron chi connectivity index (χ0n) is 12.5. The largest absolute Gasteiger partial charge is 0.0911 e. The second-order valence-corrected chi connectivity index (χ2v) is 5.08. The average molecular weight is 240 g/mol. The number of hydrogen-bond acceptors (Lipinski definition) is 0. The third-order valence-corrected chi connectivity index (χ3v) is 3.60. The van der Waals surface area contributed by atoms with Crippen LogP contribution in [-0.2, 0) is 0 Å². The fraction of sp³-hybridized carbons (Fsp3) is 0.333. The highest BCUT2D eigenvalue weighted by molar-refractivity contribution is 5.76. The molecule has 0 atom stereocenters. The third-order valence-electron chi connectivity index (χ3n) is 3.60. The molecule has 1 aromatic carbocycles. The second kappa shape index (κ2) is 5.86. The third kappa shape index (κ3) is 3.22. The van der Waals surface area contributed by atoms with Gasteiger partial charge in [0.25, 0.3) is 0 Å². The van der Waals surface area contributed by atoms with Crippen molar-refractivity contribution in [2.45, 2.75) is 41.5 Å². The molecule has 0 nitrogen and oxygen atoms in total. The summed E-state index contributed by atoms with van der Waals surface area (Å²) in [4.78, 5) is 0. The molecule has 0 bridgehead atoms. The van der Waals surface area contributed by atoms with Crippen LogP contribution in [0.5, 0.6) is 0 Å². The molecule has 0 aromatic heterocycles. The van der Waals surface area contributed by atoms with Crippen LogP contribution in [0.25, 0.3) is 5.57 Å². The lowest BCUT2D eigenvalue weighted by Crippen LogP contribution is -1.92. The van der Waals surface area contributed by atoms with E-state index in [0.29, 0.717) is 0 Å². The monoisotopic (exact) mass is 240 g/mol. The minimum Gasteiger partial charge on any atom is -0.0911 e. The van der Waals surface area contributed by atoms with Gasteiger partial charge in [-0.2, -0.15) is 0 Å². The van der Waals surface area contributed by atoms with Gasteiger partial charge in [-0.05, 0) is 69.4 Å². The van der Waals surface area contributed by atoms with Gasteiger partial charge in [0.2, 0.25) is 0 Å². The molecular weight excluding hydrogens is 216 g/mol. The maximum Gasteiger partial charge on any atom is -0.0155 e.